The van der Waals surface area contributed by atoms with E-state index < -0.39 is 4.92 Å². The van der Waals surface area contributed by atoms with Gasteiger partial charge in [0.15, 0.2) is 0 Å². The molecule has 2 aromatic heterocycles. The first-order valence-corrected chi connectivity index (χ1v) is 6.99. The number of aromatic nitrogens is 2. The zero-order valence-electron chi connectivity index (χ0n) is 12.2. The number of rotatable bonds is 6. The fourth-order valence-corrected chi connectivity index (χ4v) is 2.04. The molecule has 7 nitrogen and oxygen atoms in total. The second-order valence-electron chi connectivity index (χ2n) is 4.53. The third kappa shape index (κ3) is 3.82. The number of hydrogen-bond donors (Lipinski definition) is 0. The summed E-state index contributed by atoms with van der Waals surface area (Å²) in [5.41, 5.74) is 0.790. The molecule has 2 rings (SSSR count). The third-order valence-corrected chi connectivity index (χ3v) is 3.11. The van der Waals surface area contributed by atoms with Crippen LogP contribution in [-0.4, -0.2) is 28.5 Å². The van der Waals surface area contributed by atoms with Crippen molar-refractivity contribution in [3.05, 3.63) is 51.3 Å². The van der Waals surface area contributed by atoms with Crippen LogP contribution in [0.1, 0.15) is 12.5 Å². The summed E-state index contributed by atoms with van der Waals surface area (Å²) in [4.78, 5) is 20.6. The van der Waals surface area contributed by atoms with Crippen molar-refractivity contribution in [3.63, 3.8) is 0 Å². The highest BCUT2D eigenvalue weighted by Gasteiger charge is 2.20. The van der Waals surface area contributed by atoms with Crippen molar-refractivity contribution in [1.82, 2.24) is 9.97 Å². The number of anilines is 1. The molecule has 0 aliphatic carbocycles. The monoisotopic (exact) mass is 322 g/mol. The minimum absolute atomic E-state index is 0.0760. The quantitative estimate of drug-likeness (QED) is 0.462. The van der Waals surface area contributed by atoms with Crippen molar-refractivity contribution in [2.75, 3.05) is 18.6 Å². The number of pyridine rings is 2. The van der Waals surface area contributed by atoms with Gasteiger partial charge in [-0.2, -0.15) is 4.98 Å². The van der Waals surface area contributed by atoms with E-state index in [2.05, 4.69) is 9.97 Å². The number of nitrogens with zero attached hydrogens (tertiary/aromatic N) is 4. The molecular weight excluding hydrogens is 308 g/mol. The maximum atomic E-state index is 11.2. The molecule has 0 fully saturated rings. The molecule has 0 bridgehead atoms. The van der Waals surface area contributed by atoms with E-state index in [1.807, 2.05) is 13.0 Å². The van der Waals surface area contributed by atoms with Gasteiger partial charge in [0.1, 0.15) is 5.15 Å². The summed E-state index contributed by atoms with van der Waals surface area (Å²) in [6.07, 6.45) is 1.62. The zero-order chi connectivity index (χ0) is 16.1. The minimum Gasteiger partial charge on any atom is -0.478 e. The van der Waals surface area contributed by atoms with Gasteiger partial charge in [-0.25, -0.2) is 4.98 Å². The van der Waals surface area contributed by atoms with Gasteiger partial charge in [-0.1, -0.05) is 17.7 Å². The summed E-state index contributed by atoms with van der Waals surface area (Å²) < 4.78 is 5.31. The first-order chi connectivity index (χ1) is 10.5. The standard InChI is InChI=1S/C14H15ClN4O3/c1-3-22-13-7-5-11(19(20)21)14(17-13)18(2)9-10-4-6-12(15)16-8-10/h4-8H,3,9H2,1-2H3. The topological polar surface area (TPSA) is 81.4 Å². The summed E-state index contributed by atoms with van der Waals surface area (Å²) in [5, 5.41) is 11.6. The Morgan fingerprint density at radius 2 is 2.14 bits per heavy atom. The van der Waals surface area contributed by atoms with Gasteiger partial charge in [0, 0.05) is 31.9 Å². The number of ether oxygens (including phenoxy) is 1. The lowest BCUT2D eigenvalue weighted by atomic mass is 10.2. The van der Waals surface area contributed by atoms with Crippen LogP contribution in [0.25, 0.3) is 0 Å². The fourth-order valence-electron chi connectivity index (χ4n) is 1.92. The van der Waals surface area contributed by atoms with Crippen molar-refractivity contribution in [3.8, 4) is 5.88 Å². The Hall–Kier alpha value is -2.41. The molecule has 0 saturated carbocycles. The molecular formula is C14H15ClN4O3. The van der Waals surface area contributed by atoms with E-state index >= 15 is 0 Å². The van der Waals surface area contributed by atoms with Crippen LogP contribution in [0, 0.1) is 10.1 Å². The normalized spacial score (nSPS) is 10.3. The lowest BCUT2D eigenvalue weighted by molar-refractivity contribution is -0.384. The van der Waals surface area contributed by atoms with Crippen LogP contribution in [0.3, 0.4) is 0 Å². The Labute approximate surface area is 132 Å². The molecule has 0 unspecified atom stereocenters. The summed E-state index contributed by atoms with van der Waals surface area (Å²) in [7, 11) is 1.72. The Kier molecular flexibility index (Phi) is 5.11. The average molecular weight is 323 g/mol. The van der Waals surface area contributed by atoms with Gasteiger partial charge < -0.3 is 9.64 Å². The number of nitro groups is 1. The van der Waals surface area contributed by atoms with Crippen LogP contribution < -0.4 is 9.64 Å². The molecule has 116 valence electrons. The predicted molar refractivity (Wildman–Crippen MR) is 83.4 cm³/mol. The highest BCUT2D eigenvalue weighted by atomic mass is 35.5. The molecule has 2 aromatic rings. The zero-order valence-corrected chi connectivity index (χ0v) is 12.9. The fraction of sp³-hybridized carbons (Fsp3) is 0.286. The van der Waals surface area contributed by atoms with Gasteiger partial charge in [-0.05, 0) is 18.6 Å². The Balaban J connectivity index is 2.29. The smallest absolute Gasteiger partial charge is 0.311 e. The molecule has 0 saturated heterocycles. The molecule has 0 aliphatic heterocycles. The van der Waals surface area contributed by atoms with Crippen LogP contribution in [0.2, 0.25) is 5.15 Å². The van der Waals surface area contributed by atoms with Crippen molar-refractivity contribution < 1.29 is 9.66 Å². The molecule has 0 N–H and O–H groups in total. The van der Waals surface area contributed by atoms with E-state index in [0.717, 1.165) is 5.56 Å². The van der Waals surface area contributed by atoms with E-state index in [1.54, 1.807) is 24.2 Å². The van der Waals surface area contributed by atoms with Crippen molar-refractivity contribution in [1.29, 1.82) is 0 Å². The van der Waals surface area contributed by atoms with E-state index in [9.17, 15) is 10.1 Å². The third-order valence-electron chi connectivity index (χ3n) is 2.89. The van der Waals surface area contributed by atoms with Crippen molar-refractivity contribution in [2.24, 2.45) is 0 Å². The maximum absolute atomic E-state index is 11.2. The SMILES string of the molecule is CCOc1ccc([N+](=O)[O-])c(N(C)Cc2ccc(Cl)nc2)n1. The van der Waals surface area contributed by atoms with Crippen molar-refractivity contribution in [2.45, 2.75) is 13.5 Å². The van der Waals surface area contributed by atoms with E-state index in [0.29, 0.717) is 24.2 Å². The molecule has 0 amide bonds. The molecule has 0 radical (unpaired) electrons. The number of halogens is 1. The maximum Gasteiger partial charge on any atom is 0.311 e. The van der Waals surface area contributed by atoms with Gasteiger partial charge in [0.05, 0.1) is 11.5 Å². The molecule has 0 spiro atoms. The summed E-state index contributed by atoms with van der Waals surface area (Å²) in [6.45, 7) is 2.68. The van der Waals surface area contributed by atoms with Crippen LogP contribution in [0.5, 0.6) is 5.88 Å². The van der Waals surface area contributed by atoms with Crippen LogP contribution in [-0.2, 0) is 6.54 Å². The highest BCUT2D eigenvalue weighted by molar-refractivity contribution is 6.29. The largest absolute Gasteiger partial charge is 0.478 e. The second-order valence-corrected chi connectivity index (χ2v) is 4.91. The Morgan fingerprint density at radius 3 is 2.73 bits per heavy atom. The highest BCUT2D eigenvalue weighted by Crippen LogP contribution is 2.28. The first-order valence-electron chi connectivity index (χ1n) is 6.61. The molecule has 0 aliphatic rings. The molecule has 0 atom stereocenters. The average Bonchev–Trinajstić information content (AvgIpc) is 2.49. The minimum atomic E-state index is -0.464. The predicted octanol–water partition coefficient (Wildman–Crippen LogP) is 3.07. The molecule has 2 heterocycles. The van der Waals surface area contributed by atoms with E-state index in [1.165, 1.54) is 12.1 Å². The summed E-state index contributed by atoms with van der Waals surface area (Å²) >= 11 is 5.74. The van der Waals surface area contributed by atoms with Gasteiger partial charge in [0.25, 0.3) is 0 Å². The number of hydrogen-bond acceptors (Lipinski definition) is 6. The molecule has 0 aromatic carbocycles. The van der Waals surface area contributed by atoms with Crippen LogP contribution in [0.4, 0.5) is 11.5 Å². The lowest BCUT2D eigenvalue weighted by Gasteiger charge is -2.18. The van der Waals surface area contributed by atoms with Gasteiger partial charge in [-0.3, -0.25) is 10.1 Å². The molecule has 22 heavy (non-hydrogen) atoms. The van der Waals surface area contributed by atoms with Gasteiger partial charge in [0.2, 0.25) is 11.7 Å². The Bertz CT molecular complexity index is 664. The van der Waals surface area contributed by atoms with Crippen molar-refractivity contribution >= 4 is 23.1 Å². The summed E-state index contributed by atoms with van der Waals surface area (Å²) in [6, 6.07) is 6.36. The second kappa shape index (κ2) is 7.04. The first kappa shape index (κ1) is 16.0. The summed E-state index contributed by atoms with van der Waals surface area (Å²) in [5.74, 6) is 0.593. The van der Waals surface area contributed by atoms with Crippen LogP contribution in [0.15, 0.2) is 30.5 Å². The molecule has 8 heteroatoms. The van der Waals surface area contributed by atoms with Gasteiger partial charge in [-0.15, -0.1) is 0 Å². The van der Waals surface area contributed by atoms with E-state index in [-0.39, 0.29) is 11.5 Å². The Morgan fingerprint density at radius 1 is 1.36 bits per heavy atom. The lowest BCUT2D eigenvalue weighted by Crippen LogP contribution is -2.19. The van der Waals surface area contributed by atoms with E-state index in [4.69, 9.17) is 16.3 Å². The van der Waals surface area contributed by atoms with Gasteiger partial charge >= 0.3 is 5.69 Å². The van der Waals surface area contributed by atoms with Crippen LogP contribution >= 0.6 is 11.6 Å².